The van der Waals surface area contributed by atoms with Gasteiger partial charge in [-0.1, -0.05) is 116 Å². The quantitative estimate of drug-likeness (QED) is 0.0313. The third kappa shape index (κ3) is 48.1. The Bertz CT molecular complexity index is 2070. The van der Waals surface area contributed by atoms with Gasteiger partial charge >= 0.3 is 0 Å². The zero-order valence-electron chi connectivity index (χ0n) is 55.9. The van der Waals surface area contributed by atoms with E-state index in [-0.39, 0.29) is 266 Å². The minimum atomic E-state index is -1.49. The van der Waals surface area contributed by atoms with Gasteiger partial charge in [-0.2, -0.15) is 0 Å². The highest BCUT2D eigenvalue weighted by molar-refractivity contribution is 5.80. The Morgan fingerprint density at radius 1 is 0.355 bits per heavy atom. The Morgan fingerprint density at radius 3 is 0.860 bits per heavy atom. The summed E-state index contributed by atoms with van der Waals surface area (Å²) in [6.07, 6.45) is -9.50. The molecule has 3 fully saturated rings. The lowest BCUT2D eigenvalue weighted by Gasteiger charge is -2.42. The minimum absolute atomic E-state index is 0. The molecule has 13 N–H and O–H groups in total. The van der Waals surface area contributed by atoms with Crippen LogP contribution in [0.25, 0.3) is 0 Å². The van der Waals surface area contributed by atoms with E-state index in [0.717, 1.165) is 0 Å². The second kappa shape index (κ2) is 68.3. The normalized spacial score (nSPS) is 23.7. The molecule has 3 heterocycles. The fourth-order valence-electron chi connectivity index (χ4n) is 11.3. The summed E-state index contributed by atoms with van der Waals surface area (Å²) in [5, 5.41) is 101. The van der Waals surface area contributed by atoms with Crippen LogP contribution in [0.4, 0.5) is 0 Å². The summed E-state index contributed by atoms with van der Waals surface area (Å²) in [6, 6.07) is -3.39. The maximum Gasteiger partial charge on any atom is 0.222 e. The molecule has 0 bridgehead atoms. The number of aliphatic hydroxyl groups is 9. The van der Waals surface area contributed by atoms with Gasteiger partial charge in [0.1, 0.15) is 102 Å². The van der Waals surface area contributed by atoms with Gasteiger partial charge in [-0.15, -0.1) is 0 Å². The van der Waals surface area contributed by atoms with Crippen molar-refractivity contribution >= 4 is 52.5 Å². The molecule has 0 aliphatic carbocycles. The molecule has 0 radical (unpaired) electrons. The van der Waals surface area contributed by atoms with Crippen LogP contribution in [0, 0.1) is 11.3 Å². The van der Waals surface area contributed by atoms with E-state index in [4.69, 9.17) is 42.6 Å². The van der Waals surface area contributed by atoms with E-state index in [1.54, 1.807) is 0 Å². The van der Waals surface area contributed by atoms with E-state index >= 15 is 0 Å². The molecule has 0 saturated carbocycles. The van der Waals surface area contributed by atoms with Crippen molar-refractivity contribution in [2.75, 3.05) is 85.8 Å². The van der Waals surface area contributed by atoms with Gasteiger partial charge in [-0.05, 0) is 50.9 Å². The van der Waals surface area contributed by atoms with Gasteiger partial charge in [-0.25, -0.2) is 0 Å². The van der Waals surface area contributed by atoms with E-state index in [2.05, 4.69) is 21.3 Å². The summed E-state index contributed by atoms with van der Waals surface area (Å²) in [5.74, 6) is -2.07. The number of rotatable bonds is 52. The average molecular weight is 1560 g/mol. The number of nitrogens with one attached hydrogen (secondary N) is 4. The second-order valence-corrected chi connectivity index (χ2v) is 25.3. The van der Waals surface area contributed by atoms with E-state index < -0.39 is 135 Å². The Labute approximate surface area is 644 Å². The summed E-state index contributed by atoms with van der Waals surface area (Å²) in [5.41, 5.74) is -0.728. The van der Waals surface area contributed by atoms with Crippen LogP contribution in [0.15, 0.2) is 0 Å². The molecule has 3 rings (SSSR count). The number of ketones is 5. The SMILES string of the molecule is C.C.C.C.C.C.C.C.C.C.C.C.CC(=O)NC1[C@H](OCCC(=O)CCCCCC(=O)CCOCC(COCCC(=O)CCCCCC(=O)CCO[C@@H]2OC(CO)[C@H](O)[C@H](O)C2NC(C)=O)(COCCC(=O)CCCCNC(=O)CCO[C@@H]2OC(CO)[C@H](O)[C@H](O)C2NC(C)=O)CC(C)C)OC(CO)[C@H](O)[C@@H]1O. The molecule has 644 valence electrons. The van der Waals surface area contributed by atoms with Gasteiger partial charge < -0.3 is 110 Å². The lowest BCUT2D eigenvalue weighted by atomic mass is 9.82. The monoisotopic (exact) mass is 1560 g/mol. The highest BCUT2D eigenvalue weighted by atomic mass is 16.7. The van der Waals surface area contributed by atoms with Crippen LogP contribution in [0.3, 0.4) is 0 Å². The fraction of sp³-hybridized carbons (Fsp3) is 0.882. The Balaban J connectivity index is -0.000000980. The van der Waals surface area contributed by atoms with E-state index in [0.29, 0.717) is 57.8 Å². The lowest BCUT2D eigenvalue weighted by molar-refractivity contribution is -0.270. The van der Waals surface area contributed by atoms with Gasteiger partial charge in [0.2, 0.25) is 23.6 Å². The molecule has 3 aliphatic rings. The Kier molecular flexibility index (Phi) is 78.8. The molecule has 0 aromatic rings. The summed E-state index contributed by atoms with van der Waals surface area (Å²) in [6.45, 7) is 6.57. The minimum Gasteiger partial charge on any atom is -0.394 e. The third-order valence-electron chi connectivity index (χ3n) is 16.4. The van der Waals surface area contributed by atoms with Crippen LogP contribution in [0.2, 0.25) is 0 Å². The first-order valence-electron chi connectivity index (χ1n) is 33.4. The largest absolute Gasteiger partial charge is 0.394 e. The molecule has 31 nitrogen and oxygen atoms in total. The molecule has 107 heavy (non-hydrogen) atoms. The number of unbranched alkanes of at least 4 members (excludes halogenated alkanes) is 5. The van der Waals surface area contributed by atoms with Crippen LogP contribution in [-0.2, 0) is 85.8 Å². The molecule has 6 unspecified atom stereocenters. The predicted molar refractivity (Wildman–Crippen MR) is 415 cm³/mol. The molecule has 3 saturated heterocycles. The zero-order valence-corrected chi connectivity index (χ0v) is 55.9. The molecular formula is C76H158N4O27. The van der Waals surface area contributed by atoms with Crippen molar-refractivity contribution in [3.63, 3.8) is 0 Å². The summed E-state index contributed by atoms with van der Waals surface area (Å²) >= 11 is 0. The van der Waals surface area contributed by atoms with Crippen molar-refractivity contribution in [2.45, 2.75) is 344 Å². The van der Waals surface area contributed by atoms with Crippen LogP contribution in [0.1, 0.15) is 252 Å². The van der Waals surface area contributed by atoms with Gasteiger partial charge in [0, 0.05) is 96.9 Å². The molecule has 4 amide bonds. The number of carbonyl (C=O) groups is 9. The second-order valence-electron chi connectivity index (χ2n) is 25.3. The number of aliphatic hydroxyl groups excluding tert-OH is 9. The smallest absolute Gasteiger partial charge is 0.222 e. The Morgan fingerprint density at radius 2 is 0.607 bits per heavy atom. The summed E-state index contributed by atoms with van der Waals surface area (Å²) < 4.78 is 52.0. The van der Waals surface area contributed by atoms with Crippen molar-refractivity contribution in [3.8, 4) is 0 Å². The van der Waals surface area contributed by atoms with Crippen LogP contribution in [0.5, 0.6) is 0 Å². The number of hydrogen-bond donors (Lipinski definition) is 13. The molecule has 3 aliphatic heterocycles. The standard InChI is InChI=1S/C64H110N4O27.12CH4/c1-39(2)32-64(36-87-26-19-43(75)14-8-6-10-16-46(78)22-29-90-61-52(66-40(3)72)58(84)55(81)48(33-69)93-61,37-88-27-20-44(76)15-9-7-11-17-47(79)23-30-91-62-53(67-41(4)73)59(85)56(82)49(34-70)94-62)38-89-28-21-45(77)18-12-13-25-65-51(80)24-31-92-63-54(68-42(5)74)60(86)57(83)50(35-71)95-63;;;;;;;;;;;;/h39,48-50,52-63,69-71,81-86H,6-38H2,1-5H3,(H,65,80)(H,66,72)(H,67,73)(H,68,74);12*1H4/t48?,49?,50?,52?,53?,54?,55-,56-,57-,58+,59+,60+,61+,62+,63+,64?;;;;;;;;;;;;/m0............/s1. The van der Waals surface area contributed by atoms with E-state index in [1.165, 1.54) is 20.8 Å². The first kappa shape index (κ1) is 123. The highest BCUT2D eigenvalue weighted by Crippen LogP contribution is 2.30. The molecule has 31 heteroatoms. The van der Waals surface area contributed by atoms with Gasteiger partial charge in [0.15, 0.2) is 18.9 Å². The van der Waals surface area contributed by atoms with Crippen LogP contribution >= 0.6 is 0 Å². The van der Waals surface area contributed by atoms with Crippen molar-refractivity contribution in [1.29, 1.82) is 0 Å². The van der Waals surface area contributed by atoms with Crippen molar-refractivity contribution in [2.24, 2.45) is 11.3 Å². The number of amides is 4. The number of carbonyl (C=O) groups excluding carboxylic acids is 9. The molecule has 0 aromatic carbocycles. The van der Waals surface area contributed by atoms with E-state index in [1.807, 2.05) is 13.8 Å². The number of ether oxygens (including phenoxy) is 9. The van der Waals surface area contributed by atoms with Gasteiger partial charge in [-0.3, -0.25) is 43.2 Å². The topological polar surface area (TPSA) is 467 Å². The molecule has 0 aromatic heterocycles. The molecule has 0 spiro atoms. The van der Waals surface area contributed by atoms with Crippen molar-refractivity contribution in [3.05, 3.63) is 0 Å². The van der Waals surface area contributed by atoms with Crippen molar-refractivity contribution < 1.29 is 132 Å². The van der Waals surface area contributed by atoms with Crippen molar-refractivity contribution in [1.82, 2.24) is 21.3 Å². The number of Topliss-reactive ketones (excluding diaryl/α,β-unsaturated/α-hetero) is 5. The Hall–Kier alpha value is -4.49. The maximum atomic E-state index is 13.0. The summed E-state index contributed by atoms with van der Waals surface area (Å²) in [7, 11) is 0. The maximum absolute atomic E-state index is 13.0. The zero-order chi connectivity index (χ0) is 70.5. The predicted octanol–water partition coefficient (Wildman–Crippen LogP) is 5.96. The van der Waals surface area contributed by atoms with Gasteiger partial charge in [0.05, 0.1) is 85.7 Å². The van der Waals surface area contributed by atoms with Crippen LogP contribution < -0.4 is 21.3 Å². The summed E-state index contributed by atoms with van der Waals surface area (Å²) in [4.78, 5) is 112. The molecule has 15 atom stereocenters. The van der Waals surface area contributed by atoms with E-state index in [9.17, 15) is 89.1 Å². The third-order valence-corrected chi connectivity index (χ3v) is 16.4. The highest BCUT2D eigenvalue weighted by Gasteiger charge is 2.48. The first-order chi connectivity index (χ1) is 45.2. The first-order valence-corrected chi connectivity index (χ1v) is 33.4. The number of hydrogen-bond acceptors (Lipinski definition) is 27. The molecular weight excluding hydrogens is 1400 g/mol. The van der Waals surface area contributed by atoms with Gasteiger partial charge in [0.25, 0.3) is 0 Å². The lowest BCUT2D eigenvalue weighted by Crippen LogP contribution is -2.64. The fourth-order valence-corrected chi connectivity index (χ4v) is 11.3. The average Bonchev–Trinajstić information content (AvgIpc) is 0.823. The van der Waals surface area contributed by atoms with Crippen LogP contribution in [-0.4, -0.2) is 276 Å².